The van der Waals surface area contributed by atoms with Crippen molar-refractivity contribution in [1.29, 1.82) is 0 Å². The first-order chi connectivity index (χ1) is 17.1. The second-order valence-electron chi connectivity index (χ2n) is 8.44. The largest absolute Gasteiger partial charge is 0.454 e. The smallest absolute Gasteiger partial charge is 0.258 e. The fourth-order valence-electron chi connectivity index (χ4n) is 3.81. The predicted octanol–water partition coefficient (Wildman–Crippen LogP) is 5.72. The van der Waals surface area contributed by atoms with E-state index in [1.807, 2.05) is 72.8 Å². The molecule has 7 heteroatoms. The zero-order valence-electron chi connectivity index (χ0n) is 19.5. The van der Waals surface area contributed by atoms with Crippen LogP contribution in [0.2, 0.25) is 0 Å². The van der Waals surface area contributed by atoms with Crippen molar-refractivity contribution in [2.45, 2.75) is 26.3 Å². The summed E-state index contributed by atoms with van der Waals surface area (Å²) in [5.74, 6) is 2.62. The first-order valence-electron chi connectivity index (χ1n) is 11.4. The molecule has 1 aliphatic heterocycles. The lowest BCUT2D eigenvalue weighted by molar-refractivity contribution is 0.0947. The molecular weight excluding hydrogens is 442 g/mol. The monoisotopic (exact) mass is 467 g/mol. The summed E-state index contributed by atoms with van der Waals surface area (Å²) in [5.41, 5.74) is 3.00. The van der Waals surface area contributed by atoms with Crippen LogP contribution in [0.1, 0.15) is 41.3 Å². The minimum absolute atomic E-state index is 0.203. The third kappa shape index (κ3) is 4.94. The zero-order valence-corrected chi connectivity index (χ0v) is 19.5. The van der Waals surface area contributed by atoms with E-state index in [4.69, 9.17) is 14.2 Å². The summed E-state index contributed by atoms with van der Waals surface area (Å²) in [6.07, 6.45) is 1.51. The lowest BCUT2D eigenvalue weighted by atomic mass is 10.0. The maximum atomic E-state index is 13.2. The number of carbonyl (C=O) groups is 1. The molecule has 0 aliphatic carbocycles. The number of hydrogen-bond acceptors (Lipinski definition) is 6. The van der Waals surface area contributed by atoms with E-state index in [1.54, 1.807) is 0 Å². The van der Waals surface area contributed by atoms with Crippen LogP contribution in [0, 0.1) is 0 Å². The number of para-hydroxylation sites is 1. The van der Waals surface area contributed by atoms with Crippen LogP contribution in [-0.4, -0.2) is 22.7 Å². The molecular formula is C28H25N3O4. The van der Waals surface area contributed by atoms with Crippen LogP contribution < -0.4 is 19.5 Å². The van der Waals surface area contributed by atoms with Crippen LogP contribution in [0.25, 0.3) is 11.4 Å². The number of carbonyl (C=O) groups excluding carboxylic acids is 1. The van der Waals surface area contributed by atoms with Gasteiger partial charge in [-0.05, 0) is 35.2 Å². The highest BCUT2D eigenvalue weighted by atomic mass is 16.7. The fourth-order valence-corrected chi connectivity index (χ4v) is 3.81. The summed E-state index contributed by atoms with van der Waals surface area (Å²) in [7, 11) is 0. The van der Waals surface area contributed by atoms with Crippen molar-refractivity contribution in [3.05, 3.63) is 95.7 Å². The molecule has 0 radical (unpaired) electrons. The fraction of sp³-hybridized carbons (Fsp3) is 0.179. The summed E-state index contributed by atoms with van der Waals surface area (Å²) < 4.78 is 17.0. The molecule has 4 aromatic rings. The van der Waals surface area contributed by atoms with Gasteiger partial charge in [-0.2, -0.15) is 4.98 Å². The Morgan fingerprint density at radius 2 is 1.77 bits per heavy atom. The molecule has 0 bridgehead atoms. The number of ether oxygens (including phenoxy) is 3. The number of nitrogens with zero attached hydrogens (tertiary/aromatic N) is 2. The van der Waals surface area contributed by atoms with Crippen LogP contribution in [0.15, 0.2) is 79.0 Å². The minimum Gasteiger partial charge on any atom is -0.454 e. The molecule has 1 amide bonds. The number of hydrogen-bond donors (Lipinski definition) is 1. The molecule has 3 aromatic carbocycles. The Bertz CT molecular complexity index is 1360. The first kappa shape index (κ1) is 22.4. The van der Waals surface area contributed by atoms with Gasteiger partial charge in [-0.3, -0.25) is 4.79 Å². The van der Waals surface area contributed by atoms with Crippen molar-refractivity contribution in [3.63, 3.8) is 0 Å². The minimum atomic E-state index is -0.334. The van der Waals surface area contributed by atoms with Gasteiger partial charge >= 0.3 is 0 Å². The second kappa shape index (κ2) is 9.85. The predicted molar refractivity (Wildman–Crippen MR) is 132 cm³/mol. The summed E-state index contributed by atoms with van der Waals surface area (Å²) in [4.78, 5) is 22.3. The number of nitrogens with one attached hydrogen (secondary N) is 1. The maximum Gasteiger partial charge on any atom is 0.258 e. The van der Waals surface area contributed by atoms with Gasteiger partial charge in [0.05, 0.1) is 0 Å². The van der Waals surface area contributed by atoms with Gasteiger partial charge in [0.2, 0.25) is 12.7 Å². The second-order valence-corrected chi connectivity index (χ2v) is 8.44. The molecule has 35 heavy (non-hydrogen) atoms. The van der Waals surface area contributed by atoms with Crippen molar-refractivity contribution in [2.75, 3.05) is 6.79 Å². The summed E-state index contributed by atoms with van der Waals surface area (Å²) in [5, 5.41) is 2.93. The van der Waals surface area contributed by atoms with E-state index in [-0.39, 0.29) is 30.1 Å². The molecule has 1 aromatic heterocycles. The zero-order chi connectivity index (χ0) is 24.2. The Morgan fingerprint density at radius 1 is 1.00 bits per heavy atom. The Hall–Kier alpha value is -4.39. The Balaban J connectivity index is 1.44. The molecule has 7 nitrogen and oxygen atoms in total. The van der Waals surface area contributed by atoms with E-state index < -0.39 is 0 Å². The van der Waals surface area contributed by atoms with E-state index in [0.717, 1.165) is 16.7 Å². The number of fused-ring (bicyclic) bond motifs is 1. The van der Waals surface area contributed by atoms with Crippen LogP contribution in [0.4, 0.5) is 0 Å². The van der Waals surface area contributed by atoms with Gasteiger partial charge in [0.1, 0.15) is 11.3 Å². The van der Waals surface area contributed by atoms with Crippen LogP contribution in [0.5, 0.6) is 23.1 Å². The molecule has 0 fully saturated rings. The Labute approximate surface area is 203 Å². The summed E-state index contributed by atoms with van der Waals surface area (Å²) in [6, 6.07) is 22.9. The Kier molecular flexibility index (Phi) is 6.30. The molecule has 0 unspecified atom stereocenters. The standard InChI is InChI=1S/C28H25N3O4/c1-18(2)21-10-6-7-11-23(21)35-28-22(16-29-26(31-28)20-8-4-3-5-9-20)27(32)30-15-19-12-13-24-25(14-19)34-17-33-24/h3-14,16,18H,15,17H2,1-2H3,(H,30,32). The van der Waals surface area contributed by atoms with E-state index in [9.17, 15) is 4.79 Å². The molecule has 5 rings (SSSR count). The average Bonchev–Trinajstić information content (AvgIpc) is 3.36. The molecule has 1 N–H and O–H groups in total. The lowest BCUT2D eigenvalue weighted by Crippen LogP contribution is -2.24. The topological polar surface area (TPSA) is 82.6 Å². The molecule has 0 saturated heterocycles. The highest BCUT2D eigenvalue weighted by molar-refractivity contribution is 5.96. The molecule has 176 valence electrons. The third-order valence-corrected chi connectivity index (χ3v) is 5.67. The van der Waals surface area contributed by atoms with E-state index in [1.165, 1.54) is 6.20 Å². The van der Waals surface area contributed by atoms with Gasteiger partial charge < -0.3 is 19.5 Å². The van der Waals surface area contributed by atoms with E-state index >= 15 is 0 Å². The van der Waals surface area contributed by atoms with Gasteiger partial charge in [0.25, 0.3) is 5.91 Å². The molecule has 0 spiro atoms. The van der Waals surface area contributed by atoms with Gasteiger partial charge in [-0.1, -0.05) is 68.4 Å². The van der Waals surface area contributed by atoms with E-state index in [0.29, 0.717) is 29.6 Å². The Morgan fingerprint density at radius 3 is 2.60 bits per heavy atom. The summed E-state index contributed by atoms with van der Waals surface area (Å²) >= 11 is 0. The van der Waals surface area contributed by atoms with Gasteiger partial charge in [-0.25, -0.2) is 4.98 Å². The molecule has 0 saturated carbocycles. The normalized spacial score (nSPS) is 12.0. The SMILES string of the molecule is CC(C)c1ccccc1Oc1nc(-c2ccccc2)ncc1C(=O)NCc1ccc2c(c1)OCO2. The maximum absolute atomic E-state index is 13.2. The highest BCUT2D eigenvalue weighted by Gasteiger charge is 2.20. The van der Waals surface area contributed by atoms with Crippen molar-refractivity contribution in [3.8, 4) is 34.5 Å². The van der Waals surface area contributed by atoms with Crippen LogP contribution in [-0.2, 0) is 6.54 Å². The van der Waals surface area contributed by atoms with Gasteiger partial charge in [-0.15, -0.1) is 0 Å². The van der Waals surface area contributed by atoms with Crippen molar-refractivity contribution >= 4 is 5.91 Å². The third-order valence-electron chi connectivity index (χ3n) is 5.67. The van der Waals surface area contributed by atoms with Crippen molar-refractivity contribution in [2.24, 2.45) is 0 Å². The molecule has 2 heterocycles. The number of benzene rings is 3. The average molecular weight is 468 g/mol. The summed E-state index contributed by atoms with van der Waals surface area (Å²) in [6.45, 7) is 4.69. The molecule has 0 atom stereocenters. The number of rotatable bonds is 7. The van der Waals surface area contributed by atoms with Crippen LogP contribution >= 0.6 is 0 Å². The highest BCUT2D eigenvalue weighted by Crippen LogP contribution is 2.33. The first-order valence-corrected chi connectivity index (χ1v) is 11.4. The molecule has 1 aliphatic rings. The van der Waals surface area contributed by atoms with Gasteiger partial charge in [0, 0.05) is 18.3 Å². The van der Waals surface area contributed by atoms with Crippen molar-refractivity contribution in [1.82, 2.24) is 15.3 Å². The number of amides is 1. The van der Waals surface area contributed by atoms with Crippen molar-refractivity contribution < 1.29 is 19.0 Å². The number of aromatic nitrogens is 2. The van der Waals surface area contributed by atoms with Crippen LogP contribution in [0.3, 0.4) is 0 Å². The lowest BCUT2D eigenvalue weighted by Gasteiger charge is -2.16. The van der Waals surface area contributed by atoms with E-state index in [2.05, 4.69) is 29.1 Å². The van der Waals surface area contributed by atoms with Gasteiger partial charge in [0.15, 0.2) is 17.3 Å². The quantitative estimate of drug-likeness (QED) is 0.374.